The van der Waals surface area contributed by atoms with Crippen LogP contribution in [0.4, 0.5) is 0 Å². The molecule has 3 rings (SSSR count). The van der Waals surface area contributed by atoms with Gasteiger partial charge in [-0.25, -0.2) is 10.4 Å². The predicted molar refractivity (Wildman–Crippen MR) is 77.4 cm³/mol. The van der Waals surface area contributed by atoms with Gasteiger partial charge in [-0.3, -0.25) is 5.84 Å². The Hall–Kier alpha value is -2.31. The van der Waals surface area contributed by atoms with Crippen molar-refractivity contribution in [3.05, 3.63) is 47.7 Å². The Labute approximate surface area is 122 Å². The monoisotopic (exact) mass is 287 g/mol. The first-order valence-corrected chi connectivity index (χ1v) is 6.68. The number of nitrogens with zero attached hydrogens (tertiary/aromatic N) is 1. The second-order valence-electron chi connectivity index (χ2n) is 4.60. The zero-order chi connectivity index (χ0) is 14.7. The van der Waals surface area contributed by atoms with Gasteiger partial charge in [0.1, 0.15) is 13.2 Å². The van der Waals surface area contributed by atoms with Crippen LogP contribution in [-0.4, -0.2) is 25.3 Å². The van der Waals surface area contributed by atoms with Gasteiger partial charge in [0.15, 0.2) is 11.5 Å². The number of hydrazine groups is 1. The van der Waals surface area contributed by atoms with Gasteiger partial charge in [-0.05, 0) is 23.8 Å². The highest BCUT2D eigenvalue weighted by molar-refractivity contribution is 5.47. The van der Waals surface area contributed by atoms with Crippen molar-refractivity contribution < 1.29 is 14.2 Å². The molecule has 110 valence electrons. The Morgan fingerprint density at radius 1 is 1.24 bits per heavy atom. The number of nitrogens with two attached hydrogens (primary N) is 1. The Balaban J connectivity index is 2.00. The maximum Gasteiger partial charge on any atom is 0.218 e. The third-order valence-corrected chi connectivity index (χ3v) is 3.37. The fraction of sp³-hybridized carbons (Fsp3) is 0.267. The molecular weight excluding hydrogens is 270 g/mol. The second kappa shape index (κ2) is 5.99. The summed E-state index contributed by atoms with van der Waals surface area (Å²) in [7, 11) is 1.59. The summed E-state index contributed by atoms with van der Waals surface area (Å²) in [5, 5.41) is 0. The van der Waals surface area contributed by atoms with Crippen LogP contribution < -0.4 is 25.5 Å². The number of ether oxygens (including phenoxy) is 3. The summed E-state index contributed by atoms with van der Waals surface area (Å²) in [4.78, 5) is 4.21. The lowest BCUT2D eigenvalue weighted by molar-refractivity contribution is 0.171. The highest BCUT2D eigenvalue weighted by atomic mass is 16.6. The average Bonchev–Trinajstić information content (AvgIpc) is 2.56. The molecule has 0 amide bonds. The van der Waals surface area contributed by atoms with Gasteiger partial charge in [-0.15, -0.1) is 0 Å². The predicted octanol–water partition coefficient (Wildman–Crippen LogP) is 1.41. The molecule has 0 aliphatic carbocycles. The van der Waals surface area contributed by atoms with Crippen molar-refractivity contribution in [3.63, 3.8) is 0 Å². The molecule has 6 nitrogen and oxygen atoms in total. The molecule has 1 unspecified atom stereocenters. The number of aromatic nitrogens is 1. The van der Waals surface area contributed by atoms with Crippen LogP contribution in [0.15, 0.2) is 36.5 Å². The zero-order valence-electron chi connectivity index (χ0n) is 11.7. The fourth-order valence-electron chi connectivity index (χ4n) is 2.40. The molecule has 3 N–H and O–H groups in total. The van der Waals surface area contributed by atoms with Gasteiger partial charge in [-0.2, -0.15) is 0 Å². The summed E-state index contributed by atoms with van der Waals surface area (Å²) in [6, 6.07) is 9.28. The van der Waals surface area contributed by atoms with Crippen LogP contribution in [0.3, 0.4) is 0 Å². The quantitative estimate of drug-likeness (QED) is 0.654. The molecule has 0 spiro atoms. The normalized spacial score (nSPS) is 14.6. The number of benzene rings is 1. The third-order valence-electron chi connectivity index (χ3n) is 3.37. The van der Waals surface area contributed by atoms with Crippen LogP contribution in [0, 0.1) is 0 Å². The van der Waals surface area contributed by atoms with Crippen LogP contribution in [0.5, 0.6) is 17.4 Å². The van der Waals surface area contributed by atoms with Gasteiger partial charge in [-0.1, -0.05) is 12.1 Å². The molecular formula is C15H17N3O3. The van der Waals surface area contributed by atoms with E-state index in [1.807, 2.05) is 30.3 Å². The Morgan fingerprint density at radius 2 is 2.05 bits per heavy atom. The van der Waals surface area contributed by atoms with E-state index in [4.69, 9.17) is 20.1 Å². The molecule has 1 aliphatic heterocycles. The summed E-state index contributed by atoms with van der Waals surface area (Å²) >= 11 is 0. The van der Waals surface area contributed by atoms with Crippen molar-refractivity contribution in [3.8, 4) is 17.4 Å². The van der Waals surface area contributed by atoms with E-state index in [0.29, 0.717) is 19.1 Å². The topological polar surface area (TPSA) is 78.6 Å². The molecule has 0 fully saturated rings. The first-order valence-electron chi connectivity index (χ1n) is 6.68. The van der Waals surface area contributed by atoms with Gasteiger partial charge in [0.2, 0.25) is 5.88 Å². The van der Waals surface area contributed by atoms with Crippen molar-refractivity contribution in [1.82, 2.24) is 10.4 Å². The van der Waals surface area contributed by atoms with Crippen molar-refractivity contribution in [2.45, 2.75) is 6.04 Å². The van der Waals surface area contributed by atoms with Crippen LogP contribution in [-0.2, 0) is 0 Å². The van der Waals surface area contributed by atoms with Gasteiger partial charge < -0.3 is 14.2 Å². The van der Waals surface area contributed by atoms with Crippen molar-refractivity contribution >= 4 is 0 Å². The Bertz CT molecular complexity index is 633. The lowest BCUT2D eigenvalue weighted by Gasteiger charge is -2.22. The summed E-state index contributed by atoms with van der Waals surface area (Å²) in [5.74, 6) is 7.74. The molecule has 2 aromatic rings. The lowest BCUT2D eigenvalue weighted by Crippen LogP contribution is -2.29. The molecule has 1 atom stereocenters. The van der Waals surface area contributed by atoms with Crippen LogP contribution >= 0.6 is 0 Å². The number of hydrogen-bond donors (Lipinski definition) is 2. The van der Waals surface area contributed by atoms with Gasteiger partial charge in [0, 0.05) is 11.8 Å². The fourth-order valence-corrected chi connectivity index (χ4v) is 2.40. The second-order valence-corrected chi connectivity index (χ2v) is 4.60. The maximum atomic E-state index is 5.73. The molecule has 21 heavy (non-hydrogen) atoms. The van der Waals surface area contributed by atoms with E-state index < -0.39 is 0 Å². The molecule has 0 bridgehead atoms. The minimum atomic E-state index is -0.246. The molecule has 1 aromatic heterocycles. The number of nitrogens with one attached hydrogen (secondary N) is 1. The SMILES string of the molecule is COc1ncccc1C(NN)c1ccc2c(c1)OCCO2. The highest BCUT2D eigenvalue weighted by Crippen LogP contribution is 2.35. The minimum Gasteiger partial charge on any atom is -0.486 e. The molecule has 0 saturated carbocycles. The highest BCUT2D eigenvalue weighted by Gasteiger charge is 2.20. The molecule has 1 aromatic carbocycles. The first-order chi connectivity index (χ1) is 10.3. The lowest BCUT2D eigenvalue weighted by atomic mass is 9.99. The average molecular weight is 287 g/mol. The number of fused-ring (bicyclic) bond motifs is 1. The summed E-state index contributed by atoms with van der Waals surface area (Å²) in [5.41, 5.74) is 4.61. The van der Waals surface area contributed by atoms with E-state index in [9.17, 15) is 0 Å². The molecule has 2 heterocycles. The van der Waals surface area contributed by atoms with Gasteiger partial charge in [0.05, 0.1) is 13.2 Å². The molecule has 0 radical (unpaired) electrons. The van der Waals surface area contributed by atoms with Gasteiger partial charge in [0.25, 0.3) is 0 Å². The Kier molecular flexibility index (Phi) is 3.89. The van der Waals surface area contributed by atoms with Gasteiger partial charge >= 0.3 is 0 Å². The van der Waals surface area contributed by atoms with E-state index in [1.165, 1.54) is 0 Å². The summed E-state index contributed by atoms with van der Waals surface area (Å²) in [6.07, 6.45) is 1.68. The molecule has 0 saturated heterocycles. The van der Waals surface area contributed by atoms with E-state index in [-0.39, 0.29) is 6.04 Å². The van der Waals surface area contributed by atoms with Crippen molar-refractivity contribution in [2.75, 3.05) is 20.3 Å². The van der Waals surface area contributed by atoms with E-state index >= 15 is 0 Å². The number of pyridine rings is 1. The summed E-state index contributed by atoms with van der Waals surface area (Å²) in [6.45, 7) is 1.12. The summed E-state index contributed by atoms with van der Waals surface area (Å²) < 4.78 is 16.4. The minimum absolute atomic E-state index is 0.246. The van der Waals surface area contributed by atoms with Crippen LogP contribution in [0.25, 0.3) is 0 Å². The first kappa shape index (κ1) is 13.7. The largest absolute Gasteiger partial charge is 0.486 e. The van der Waals surface area contributed by atoms with Crippen molar-refractivity contribution in [1.29, 1.82) is 0 Å². The van der Waals surface area contributed by atoms with E-state index in [1.54, 1.807) is 13.3 Å². The molecule has 6 heteroatoms. The Morgan fingerprint density at radius 3 is 2.81 bits per heavy atom. The maximum absolute atomic E-state index is 5.73. The van der Waals surface area contributed by atoms with Crippen LogP contribution in [0.2, 0.25) is 0 Å². The number of hydrogen-bond acceptors (Lipinski definition) is 6. The number of methoxy groups -OCH3 is 1. The molecule has 1 aliphatic rings. The van der Waals surface area contributed by atoms with E-state index in [0.717, 1.165) is 22.6 Å². The third kappa shape index (κ3) is 2.63. The van der Waals surface area contributed by atoms with Crippen molar-refractivity contribution in [2.24, 2.45) is 5.84 Å². The zero-order valence-corrected chi connectivity index (χ0v) is 11.7. The number of rotatable bonds is 4. The standard InChI is InChI=1S/C15H17N3O3/c1-19-15-11(3-2-6-17-15)14(18-16)10-4-5-12-13(9-10)21-8-7-20-12/h2-6,9,14,18H,7-8,16H2,1H3. The van der Waals surface area contributed by atoms with E-state index in [2.05, 4.69) is 10.4 Å². The smallest absolute Gasteiger partial charge is 0.218 e. The van der Waals surface area contributed by atoms with Crippen LogP contribution in [0.1, 0.15) is 17.2 Å².